The van der Waals surface area contributed by atoms with E-state index in [0.717, 1.165) is 38.6 Å². The zero-order valence-electron chi connectivity index (χ0n) is 9.98. The fraction of sp³-hybridized carbons (Fsp3) is 0.214. The number of hydrogen-bond donors (Lipinski definition) is 0. The second kappa shape index (κ2) is 6.14. The van der Waals surface area contributed by atoms with E-state index in [1.54, 1.807) is 7.11 Å². The molecule has 0 spiro atoms. The van der Waals surface area contributed by atoms with Crippen molar-refractivity contribution in [2.24, 2.45) is 0 Å². The van der Waals surface area contributed by atoms with Crippen LogP contribution in [-0.4, -0.2) is 13.4 Å². The van der Waals surface area contributed by atoms with Crippen molar-refractivity contribution in [3.63, 3.8) is 0 Å². The number of rotatable bonds is 5. The third kappa shape index (κ3) is 3.19. The van der Waals surface area contributed by atoms with Crippen LogP contribution in [-0.2, 0) is 17.8 Å². The monoisotopic (exact) mass is 280 g/mol. The molecule has 0 fully saturated rings. The predicted octanol–water partition coefficient (Wildman–Crippen LogP) is 3.95. The molecule has 0 aliphatic rings. The summed E-state index contributed by atoms with van der Waals surface area (Å²) >= 11 is 7.45. The Bertz CT molecular complexity index is 548. The summed E-state index contributed by atoms with van der Waals surface area (Å²) in [5, 5.41) is 0.728. The van der Waals surface area contributed by atoms with Crippen LogP contribution in [0.1, 0.15) is 25.7 Å². The summed E-state index contributed by atoms with van der Waals surface area (Å²) in [5.74, 6) is 0. The summed E-state index contributed by atoms with van der Waals surface area (Å²) in [6.45, 7) is 0.536. The third-order valence-corrected chi connectivity index (χ3v) is 3.90. The van der Waals surface area contributed by atoms with Crippen molar-refractivity contribution in [1.82, 2.24) is 0 Å². The van der Waals surface area contributed by atoms with Crippen molar-refractivity contribution in [1.29, 1.82) is 0 Å². The lowest BCUT2D eigenvalue weighted by Crippen LogP contribution is -1.92. The number of benzene rings is 1. The van der Waals surface area contributed by atoms with Gasteiger partial charge in [0, 0.05) is 17.0 Å². The maximum absolute atomic E-state index is 10.8. The molecule has 18 heavy (non-hydrogen) atoms. The molecule has 2 rings (SSSR count). The smallest absolute Gasteiger partial charge is 0.160 e. The average Bonchev–Trinajstić information content (AvgIpc) is 2.72. The molecule has 0 unspecified atom stereocenters. The first kappa shape index (κ1) is 13.3. The maximum atomic E-state index is 10.8. The van der Waals surface area contributed by atoms with Crippen molar-refractivity contribution in [3.05, 3.63) is 56.2 Å². The summed E-state index contributed by atoms with van der Waals surface area (Å²) in [4.78, 5) is 12.7. The van der Waals surface area contributed by atoms with Gasteiger partial charge in [0.1, 0.15) is 0 Å². The van der Waals surface area contributed by atoms with Gasteiger partial charge >= 0.3 is 0 Å². The van der Waals surface area contributed by atoms with Crippen LogP contribution in [0, 0.1) is 0 Å². The summed E-state index contributed by atoms with van der Waals surface area (Å²) in [6, 6.07) is 9.68. The molecule has 0 bridgehead atoms. The molecule has 0 radical (unpaired) electrons. The molecule has 0 N–H and O–H groups in total. The van der Waals surface area contributed by atoms with Gasteiger partial charge in [0.2, 0.25) is 0 Å². The van der Waals surface area contributed by atoms with Crippen LogP contribution in [0.4, 0.5) is 0 Å². The highest BCUT2D eigenvalue weighted by Gasteiger charge is 2.09. The highest BCUT2D eigenvalue weighted by Crippen LogP contribution is 2.25. The Kier molecular flexibility index (Phi) is 4.53. The Morgan fingerprint density at radius 3 is 2.89 bits per heavy atom. The van der Waals surface area contributed by atoms with Crippen molar-refractivity contribution in [2.45, 2.75) is 13.0 Å². The number of carbonyl (C=O) groups excluding carboxylic acids is 1. The minimum absolute atomic E-state index is 0.536. The van der Waals surface area contributed by atoms with Gasteiger partial charge in [0.25, 0.3) is 0 Å². The van der Waals surface area contributed by atoms with Gasteiger partial charge in [-0.3, -0.25) is 4.79 Å². The van der Waals surface area contributed by atoms with E-state index in [0.29, 0.717) is 6.61 Å². The molecule has 4 heteroatoms. The average molecular weight is 281 g/mol. The molecule has 0 atom stereocenters. The highest BCUT2D eigenvalue weighted by molar-refractivity contribution is 7.13. The number of methoxy groups -OCH3 is 1. The first-order valence-electron chi connectivity index (χ1n) is 5.53. The second-order valence-electron chi connectivity index (χ2n) is 3.95. The number of ether oxygens (including phenoxy) is 1. The van der Waals surface area contributed by atoms with Gasteiger partial charge in [-0.15, -0.1) is 11.3 Å². The number of hydrogen-bond acceptors (Lipinski definition) is 3. The summed E-state index contributed by atoms with van der Waals surface area (Å²) in [6.07, 6.45) is 1.65. The number of aldehydes is 1. The van der Waals surface area contributed by atoms with E-state index in [4.69, 9.17) is 16.3 Å². The van der Waals surface area contributed by atoms with Crippen molar-refractivity contribution in [3.8, 4) is 0 Å². The largest absolute Gasteiger partial charge is 0.379 e. The van der Waals surface area contributed by atoms with Crippen LogP contribution in [0.25, 0.3) is 0 Å². The van der Waals surface area contributed by atoms with E-state index < -0.39 is 0 Å². The first-order chi connectivity index (χ1) is 8.72. The molecule has 1 aromatic carbocycles. The molecular weight excluding hydrogens is 268 g/mol. The lowest BCUT2D eigenvalue weighted by molar-refractivity contribution is 0.112. The minimum Gasteiger partial charge on any atom is -0.379 e. The van der Waals surface area contributed by atoms with E-state index in [2.05, 4.69) is 0 Å². The van der Waals surface area contributed by atoms with E-state index in [1.807, 2.05) is 30.3 Å². The standard InChI is InChI=1S/C14H13ClO2S/c1-17-9-14-11(7-13(8-16)18-14)5-10-3-2-4-12(15)6-10/h2-4,6-8H,5,9H2,1H3. The second-order valence-corrected chi connectivity index (χ2v) is 5.56. The Morgan fingerprint density at radius 2 is 2.22 bits per heavy atom. The van der Waals surface area contributed by atoms with Crippen LogP contribution < -0.4 is 0 Å². The zero-order valence-corrected chi connectivity index (χ0v) is 11.6. The highest BCUT2D eigenvalue weighted by atomic mass is 35.5. The van der Waals surface area contributed by atoms with E-state index >= 15 is 0 Å². The fourth-order valence-electron chi connectivity index (χ4n) is 1.82. The molecule has 0 saturated heterocycles. The molecule has 0 aliphatic carbocycles. The normalized spacial score (nSPS) is 10.6. The van der Waals surface area contributed by atoms with Gasteiger partial charge in [-0.1, -0.05) is 23.7 Å². The van der Waals surface area contributed by atoms with E-state index in [-0.39, 0.29) is 0 Å². The minimum atomic E-state index is 0.536. The lowest BCUT2D eigenvalue weighted by atomic mass is 10.1. The van der Waals surface area contributed by atoms with Crippen molar-refractivity contribution >= 4 is 29.2 Å². The maximum Gasteiger partial charge on any atom is 0.160 e. The quantitative estimate of drug-likeness (QED) is 0.775. The van der Waals surface area contributed by atoms with Gasteiger partial charge in [0.15, 0.2) is 6.29 Å². The van der Waals surface area contributed by atoms with Crippen LogP contribution in [0.5, 0.6) is 0 Å². The van der Waals surface area contributed by atoms with Gasteiger partial charge in [-0.05, 0) is 35.7 Å². The van der Waals surface area contributed by atoms with E-state index in [9.17, 15) is 4.79 Å². The molecule has 1 aromatic heterocycles. The predicted molar refractivity (Wildman–Crippen MR) is 74.7 cm³/mol. The number of thiophene rings is 1. The zero-order chi connectivity index (χ0) is 13.0. The fourth-order valence-corrected chi connectivity index (χ4v) is 3.00. The van der Waals surface area contributed by atoms with Crippen LogP contribution in [0.15, 0.2) is 30.3 Å². The Balaban J connectivity index is 2.27. The van der Waals surface area contributed by atoms with Crippen LogP contribution >= 0.6 is 22.9 Å². The van der Waals surface area contributed by atoms with Gasteiger partial charge in [-0.25, -0.2) is 0 Å². The van der Waals surface area contributed by atoms with Crippen LogP contribution in [0.2, 0.25) is 5.02 Å². The Labute approximate surface area is 115 Å². The Hall–Kier alpha value is -1.16. The molecule has 1 heterocycles. The molecular formula is C14H13ClO2S. The molecule has 0 amide bonds. The third-order valence-electron chi connectivity index (χ3n) is 2.59. The molecule has 0 saturated carbocycles. The van der Waals surface area contributed by atoms with Crippen molar-refractivity contribution in [2.75, 3.05) is 7.11 Å². The van der Waals surface area contributed by atoms with Crippen LogP contribution in [0.3, 0.4) is 0 Å². The Morgan fingerprint density at radius 1 is 1.39 bits per heavy atom. The summed E-state index contributed by atoms with van der Waals surface area (Å²) < 4.78 is 5.16. The molecule has 94 valence electrons. The van der Waals surface area contributed by atoms with Gasteiger partial charge < -0.3 is 4.74 Å². The lowest BCUT2D eigenvalue weighted by Gasteiger charge is -2.03. The van der Waals surface area contributed by atoms with Gasteiger partial charge in [-0.2, -0.15) is 0 Å². The van der Waals surface area contributed by atoms with Gasteiger partial charge in [0.05, 0.1) is 11.5 Å². The van der Waals surface area contributed by atoms with E-state index in [1.165, 1.54) is 11.3 Å². The topological polar surface area (TPSA) is 26.3 Å². The molecule has 2 aromatic rings. The SMILES string of the molecule is COCc1sc(C=O)cc1Cc1cccc(Cl)c1. The number of halogens is 1. The number of carbonyl (C=O) groups is 1. The first-order valence-corrected chi connectivity index (χ1v) is 6.72. The molecule has 2 nitrogen and oxygen atoms in total. The summed E-state index contributed by atoms with van der Waals surface area (Å²) in [7, 11) is 1.66. The molecule has 0 aliphatic heterocycles. The van der Waals surface area contributed by atoms with Crippen molar-refractivity contribution < 1.29 is 9.53 Å². The summed E-state index contributed by atoms with van der Waals surface area (Å²) in [5.41, 5.74) is 2.27.